The molecule has 1 unspecified atom stereocenters. The van der Waals surface area contributed by atoms with Crippen LogP contribution in [0.25, 0.3) is 0 Å². The first-order valence-corrected chi connectivity index (χ1v) is 17.9. The second kappa shape index (κ2) is 15.0. The van der Waals surface area contributed by atoms with Gasteiger partial charge in [0.2, 0.25) is 11.8 Å². The van der Waals surface area contributed by atoms with Crippen LogP contribution in [0.5, 0.6) is 11.5 Å². The van der Waals surface area contributed by atoms with Crippen LogP contribution in [0.1, 0.15) is 84.4 Å². The van der Waals surface area contributed by atoms with Gasteiger partial charge in [0.1, 0.15) is 36.3 Å². The van der Waals surface area contributed by atoms with Gasteiger partial charge in [-0.3, -0.25) is 24.5 Å². The van der Waals surface area contributed by atoms with Crippen molar-refractivity contribution in [1.82, 2.24) is 15.5 Å². The summed E-state index contributed by atoms with van der Waals surface area (Å²) < 4.78 is 18.1. The van der Waals surface area contributed by atoms with Crippen molar-refractivity contribution in [2.45, 2.75) is 78.1 Å². The smallest absolute Gasteiger partial charge is 0.255 e. The van der Waals surface area contributed by atoms with E-state index in [0.717, 1.165) is 24.0 Å². The molecule has 11 nitrogen and oxygen atoms in total. The van der Waals surface area contributed by atoms with E-state index in [4.69, 9.17) is 31.1 Å². The summed E-state index contributed by atoms with van der Waals surface area (Å²) in [6.07, 6.45) is 1.90. The summed E-state index contributed by atoms with van der Waals surface area (Å²) >= 11 is 6.22. The zero-order valence-electron chi connectivity index (χ0n) is 29.8. The van der Waals surface area contributed by atoms with Gasteiger partial charge >= 0.3 is 0 Å². The van der Waals surface area contributed by atoms with Gasteiger partial charge in [-0.15, -0.1) is 0 Å². The third-order valence-electron chi connectivity index (χ3n) is 10.4. The fraction of sp³-hybridized carbons (Fsp3) is 0.425. The lowest BCUT2D eigenvalue weighted by atomic mass is 9.49. The van der Waals surface area contributed by atoms with E-state index in [-0.39, 0.29) is 53.7 Å². The van der Waals surface area contributed by atoms with Crippen LogP contribution in [0.2, 0.25) is 5.02 Å². The quantitative estimate of drug-likeness (QED) is 0.171. The molecule has 3 aliphatic rings. The molecule has 0 spiro atoms. The molecule has 6 rings (SSSR count). The highest BCUT2D eigenvalue weighted by molar-refractivity contribution is 6.31. The Kier molecular flexibility index (Phi) is 10.6. The van der Waals surface area contributed by atoms with Gasteiger partial charge in [0.25, 0.3) is 11.8 Å². The van der Waals surface area contributed by atoms with E-state index in [1.807, 2.05) is 24.3 Å². The second-order valence-electron chi connectivity index (χ2n) is 14.7. The van der Waals surface area contributed by atoms with E-state index >= 15 is 0 Å². The molecule has 2 heterocycles. The van der Waals surface area contributed by atoms with Crippen LogP contribution in [-0.2, 0) is 27.3 Å². The Bertz CT molecular complexity index is 1900. The van der Waals surface area contributed by atoms with Crippen LogP contribution in [0.3, 0.4) is 0 Å². The standard InChI is InChI=1S/C40H43ClN4O7/c1-39(2)37(40(3,4)38(39)52-27-15-14-26(22-42)30(41)21-27)44-34(47)25-12-10-24(11-13-25)7-6-18-50-19-20-51-32-9-5-8-28-29(32)23-45(36(28)49)31-16-17-33(46)43-35(31)48/h5,8-15,21,31,37-38H,6-7,16-20,23H2,1-4H3,(H,44,47)(H,43,46,48)/t31?,37-,38-. The molecule has 2 N–H and O–H groups in total. The van der Waals surface area contributed by atoms with Gasteiger partial charge in [-0.2, -0.15) is 5.26 Å². The molecule has 1 atom stereocenters. The predicted molar refractivity (Wildman–Crippen MR) is 193 cm³/mol. The summed E-state index contributed by atoms with van der Waals surface area (Å²) in [6, 6.07) is 19.2. The summed E-state index contributed by atoms with van der Waals surface area (Å²) in [5, 5.41) is 15.1. The molecule has 3 aromatic carbocycles. The highest BCUT2D eigenvalue weighted by atomic mass is 35.5. The summed E-state index contributed by atoms with van der Waals surface area (Å²) in [5.74, 6) is 0.0303. The van der Waals surface area contributed by atoms with E-state index in [0.29, 0.717) is 59.5 Å². The van der Waals surface area contributed by atoms with E-state index in [1.54, 1.807) is 36.4 Å². The molecule has 2 fully saturated rings. The number of nitriles is 1. The SMILES string of the molecule is CC1(C)[C@H](NC(=O)c2ccc(CCCOCCOc3cccc4c3CN(C3CCC(=O)NC3=O)C4=O)cc2)C(C)(C)[C@H]1Oc1ccc(C#N)c(Cl)c1. The van der Waals surface area contributed by atoms with Crippen LogP contribution < -0.4 is 20.1 Å². The summed E-state index contributed by atoms with van der Waals surface area (Å²) in [4.78, 5) is 51.7. The van der Waals surface area contributed by atoms with Crippen molar-refractivity contribution in [3.8, 4) is 17.6 Å². The maximum Gasteiger partial charge on any atom is 0.255 e. The molecule has 1 saturated carbocycles. The summed E-state index contributed by atoms with van der Waals surface area (Å²) in [5.41, 5.74) is 2.60. The lowest BCUT2D eigenvalue weighted by molar-refractivity contribution is -0.164. The number of piperidine rings is 1. The van der Waals surface area contributed by atoms with Crippen molar-refractivity contribution in [2.24, 2.45) is 10.8 Å². The number of fused-ring (bicyclic) bond motifs is 1. The molecule has 272 valence electrons. The van der Waals surface area contributed by atoms with E-state index in [9.17, 15) is 19.2 Å². The monoisotopic (exact) mass is 726 g/mol. The maximum atomic E-state index is 13.3. The average molecular weight is 727 g/mol. The molecular formula is C40H43ClN4O7. The molecule has 12 heteroatoms. The van der Waals surface area contributed by atoms with E-state index in [1.165, 1.54) is 4.90 Å². The first kappa shape index (κ1) is 36.9. The van der Waals surface area contributed by atoms with Crippen LogP contribution in [-0.4, -0.2) is 66.5 Å². The van der Waals surface area contributed by atoms with Gasteiger partial charge in [0, 0.05) is 52.7 Å². The number of nitrogens with one attached hydrogen (secondary N) is 2. The first-order valence-electron chi connectivity index (χ1n) is 17.5. The van der Waals surface area contributed by atoms with Gasteiger partial charge < -0.3 is 24.4 Å². The molecule has 1 aliphatic carbocycles. The number of hydrogen-bond acceptors (Lipinski definition) is 8. The Morgan fingerprint density at radius 1 is 1.02 bits per heavy atom. The normalized spacial score (nSPS) is 21.4. The average Bonchev–Trinajstić information content (AvgIpc) is 3.45. The minimum absolute atomic E-state index is 0.134. The largest absolute Gasteiger partial charge is 0.491 e. The number of halogens is 1. The fourth-order valence-electron chi connectivity index (χ4n) is 8.02. The second-order valence-corrected chi connectivity index (χ2v) is 15.2. The van der Waals surface area contributed by atoms with Crippen molar-refractivity contribution in [3.05, 3.63) is 93.5 Å². The molecule has 2 aliphatic heterocycles. The van der Waals surface area contributed by atoms with Crippen molar-refractivity contribution >= 4 is 35.2 Å². The number of ether oxygens (including phenoxy) is 3. The van der Waals surface area contributed by atoms with Crippen molar-refractivity contribution < 1.29 is 33.4 Å². The highest BCUT2D eigenvalue weighted by Crippen LogP contribution is 2.55. The molecule has 4 amide bonds. The number of imide groups is 1. The fourth-order valence-corrected chi connectivity index (χ4v) is 8.23. The molecule has 52 heavy (non-hydrogen) atoms. The van der Waals surface area contributed by atoms with Crippen LogP contribution >= 0.6 is 11.6 Å². The van der Waals surface area contributed by atoms with Crippen LogP contribution in [0.4, 0.5) is 0 Å². The van der Waals surface area contributed by atoms with Crippen LogP contribution in [0.15, 0.2) is 60.7 Å². The number of benzene rings is 3. The Morgan fingerprint density at radius 2 is 1.77 bits per heavy atom. The van der Waals surface area contributed by atoms with Gasteiger partial charge in [-0.25, -0.2) is 0 Å². The topological polar surface area (TPSA) is 147 Å². The van der Waals surface area contributed by atoms with Crippen molar-refractivity contribution in [2.75, 3.05) is 19.8 Å². The number of carbonyl (C=O) groups excluding carboxylic acids is 4. The number of hydrogen-bond donors (Lipinski definition) is 2. The lowest BCUT2D eigenvalue weighted by Gasteiger charge is -2.63. The molecule has 0 aromatic heterocycles. The van der Waals surface area contributed by atoms with Crippen molar-refractivity contribution in [1.29, 1.82) is 5.26 Å². The van der Waals surface area contributed by atoms with Gasteiger partial charge in [0.15, 0.2) is 0 Å². The number of nitrogens with zero attached hydrogens (tertiary/aromatic N) is 2. The minimum atomic E-state index is -0.674. The Balaban J connectivity index is 0.917. The summed E-state index contributed by atoms with van der Waals surface area (Å²) in [6.45, 7) is 9.75. The molecule has 3 aromatic rings. The van der Waals surface area contributed by atoms with Gasteiger partial charge in [0.05, 0.1) is 23.7 Å². The third-order valence-corrected chi connectivity index (χ3v) is 10.7. The van der Waals surface area contributed by atoms with Gasteiger partial charge in [-0.05, 0) is 61.2 Å². The van der Waals surface area contributed by atoms with E-state index < -0.39 is 11.9 Å². The minimum Gasteiger partial charge on any atom is -0.491 e. The Hall–Kier alpha value is -4.92. The predicted octanol–water partition coefficient (Wildman–Crippen LogP) is 5.61. The Labute approximate surface area is 308 Å². The molecule has 1 saturated heterocycles. The maximum absolute atomic E-state index is 13.3. The number of rotatable bonds is 13. The number of amides is 4. The zero-order chi connectivity index (χ0) is 37.2. The molecule has 0 radical (unpaired) electrons. The third kappa shape index (κ3) is 7.36. The van der Waals surface area contributed by atoms with E-state index in [2.05, 4.69) is 44.4 Å². The summed E-state index contributed by atoms with van der Waals surface area (Å²) in [7, 11) is 0. The molecule has 0 bridgehead atoms. The number of carbonyl (C=O) groups is 4. The van der Waals surface area contributed by atoms with Crippen molar-refractivity contribution in [3.63, 3.8) is 0 Å². The van der Waals surface area contributed by atoms with Gasteiger partial charge in [-0.1, -0.05) is 57.5 Å². The van der Waals surface area contributed by atoms with Crippen LogP contribution in [0, 0.1) is 22.2 Å². The number of aryl methyl sites for hydroxylation is 1. The lowest BCUT2D eigenvalue weighted by Crippen LogP contribution is -2.74. The first-order chi connectivity index (χ1) is 24.8. The Morgan fingerprint density at radius 3 is 2.46 bits per heavy atom. The highest BCUT2D eigenvalue weighted by Gasteiger charge is 2.64. The molecular weight excluding hydrogens is 684 g/mol. The zero-order valence-corrected chi connectivity index (χ0v) is 30.5.